The highest BCUT2D eigenvalue weighted by molar-refractivity contribution is 5.85. The van der Waals surface area contributed by atoms with Gasteiger partial charge in [-0.05, 0) is 19.3 Å². The summed E-state index contributed by atoms with van der Waals surface area (Å²) in [6, 6.07) is -0.0228. The molecule has 0 aromatic carbocycles. The number of hydrogen-bond acceptors (Lipinski definition) is 4. The van der Waals surface area contributed by atoms with Gasteiger partial charge in [0.05, 0.1) is 6.04 Å². The van der Waals surface area contributed by atoms with Gasteiger partial charge in [0.1, 0.15) is 0 Å². The quantitative estimate of drug-likeness (QED) is 0.323. The van der Waals surface area contributed by atoms with Crippen LogP contribution < -0.4 is 5.73 Å². The lowest BCUT2D eigenvalue weighted by molar-refractivity contribution is -0.137. The van der Waals surface area contributed by atoms with Crippen molar-refractivity contribution in [2.75, 3.05) is 26.2 Å². The lowest BCUT2D eigenvalue weighted by atomic mass is 10.0. The molecule has 1 heterocycles. The predicted molar refractivity (Wildman–Crippen MR) is 84.3 cm³/mol. The van der Waals surface area contributed by atoms with E-state index in [1.54, 1.807) is 0 Å². The number of nitrogens with two attached hydrogens (primary N) is 1. The summed E-state index contributed by atoms with van der Waals surface area (Å²) in [4.78, 5) is 16.6. The third kappa shape index (κ3) is 4.59. The summed E-state index contributed by atoms with van der Waals surface area (Å²) in [6.45, 7) is 9.25. The van der Waals surface area contributed by atoms with Gasteiger partial charge in [0.2, 0.25) is 5.91 Å². The minimum Gasteiger partial charge on any atom is -0.409 e. The molecule has 21 heavy (non-hydrogen) atoms. The normalized spacial score (nSPS) is 19.0. The smallest absolute Gasteiger partial charge is 0.225 e. The molecule has 6 heteroatoms. The van der Waals surface area contributed by atoms with Crippen LogP contribution in [0.3, 0.4) is 0 Å². The zero-order valence-electron chi connectivity index (χ0n) is 13.6. The maximum atomic E-state index is 12.4. The summed E-state index contributed by atoms with van der Waals surface area (Å²) < 4.78 is 0. The van der Waals surface area contributed by atoms with Gasteiger partial charge in [-0.3, -0.25) is 9.69 Å². The summed E-state index contributed by atoms with van der Waals surface area (Å²) in [6.07, 6.45) is 3.65. The summed E-state index contributed by atoms with van der Waals surface area (Å²) >= 11 is 0. The van der Waals surface area contributed by atoms with E-state index in [9.17, 15) is 4.79 Å². The molecule has 1 unspecified atom stereocenters. The van der Waals surface area contributed by atoms with Crippen molar-refractivity contribution in [3.63, 3.8) is 0 Å². The first-order valence-electron chi connectivity index (χ1n) is 8.09. The van der Waals surface area contributed by atoms with Crippen LogP contribution in [0.2, 0.25) is 0 Å². The SMILES string of the molecule is CCCC(C(N)=NO)N1CCN(C(=O)C(CC)CC)CC1. The number of oxime groups is 1. The molecule has 0 radical (unpaired) electrons. The molecule has 0 spiro atoms. The molecular formula is C15H30N4O2. The van der Waals surface area contributed by atoms with Gasteiger partial charge in [-0.15, -0.1) is 0 Å². The average Bonchev–Trinajstić information content (AvgIpc) is 2.53. The van der Waals surface area contributed by atoms with Crippen molar-refractivity contribution < 1.29 is 10.0 Å². The van der Waals surface area contributed by atoms with E-state index in [4.69, 9.17) is 10.9 Å². The molecule has 1 fully saturated rings. The highest BCUT2D eigenvalue weighted by Crippen LogP contribution is 2.16. The van der Waals surface area contributed by atoms with Crippen LogP contribution in [0.4, 0.5) is 0 Å². The minimum atomic E-state index is -0.0228. The molecule has 1 atom stereocenters. The zero-order chi connectivity index (χ0) is 15.8. The average molecular weight is 298 g/mol. The van der Waals surface area contributed by atoms with Crippen molar-refractivity contribution in [1.29, 1.82) is 0 Å². The molecule has 122 valence electrons. The Labute approximate surface area is 128 Å². The first-order chi connectivity index (χ1) is 10.1. The van der Waals surface area contributed by atoms with E-state index in [0.717, 1.165) is 51.9 Å². The third-order valence-electron chi connectivity index (χ3n) is 4.42. The standard InChI is InChI=1S/C15H30N4O2/c1-4-7-13(14(16)17-21)18-8-10-19(11-9-18)15(20)12(5-2)6-3/h12-13,21H,4-11H2,1-3H3,(H2,16,17). The lowest BCUT2D eigenvalue weighted by Crippen LogP contribution is -2.56. The van der Waals surface area contributed by atoms with E-state index in [0.29, 0.717) is 0 Å². The molecule has 1 amide bonds. The summed E-state index contributed by atoms with van der Waals surface area (Å²) in [7, 11) is 0. The molecule has 1 saturated heterocycles. The maximum absolute atomic E-state index is 12.4. The Balaban J connectivity index is 2.59. The highest BCUT2D eigenvalue weighted by Gasteiger charge is 2.29. The van der Waals surface area contributed by atoms with Crippen LogP contribution in [-0.2, 0) is 4.79 Å². The van der Waals surface area contributed by atoms with Crippen molar-refractivity contribution in [3.8, 4) is 0 Å². The topological polar surface area (TPSA) is 82.2 Å². The minimum absolute atomic E-state index is 0.0228. The van der Waals surface area contributed by atoms with Gasteiger partial charge in [0, 0.05) is 32.1 Å². The molecule has 6 nitrogen and oxygen atoms in total. The van der Waals surface area contributed by atoms with Crippen molar-refractivity contribution in [1.82, 2.24) is 9.80 Å². The van der Waals surface area contributed by atoms with E-state index in [1.807, 2.05) is 4.90 Å². The number of hydrogen-bond donors (Lipinski definition) is 2. The van der Waals surface area contributed by atoms with E-state index in [2.05, 4.69) is 30.8 Å². The Bertz CT molecular complexity index is 348. The molecule has 1 aliphatic rings. The fourth-order valence-electron chi connectivity index (χ4n) is 3.01. The van der Waals surface area contributed by atoms with Crippen molar-refractivity contribution in [2.45, 2.75) is 52.5 Å². The maximum Gasteiger partial charge on any atom is 0.225 e. The molecule has 0 aliphatic carbocycles. The number of nitrogens with zero attached hydrogens (tertiary/aromatic N) is 3. The lowest BCUT2D eigenvalue weighted by Gasteiger charge is -2.39. The largest absolute Gasteiger partial charge is 0.409 e. The number of amides is 1. The first kappa shape index (κ1) is 17.8. The number of amidine groups is 1. The van der Waals surface area contributed by atoms with Crippen LogP contribution in [0, 0.1) is 5.92 Å². The van der Waals surface area contributed by atoms with Gasteiger partial charge in [-0.25, -0.2) is 0 Å². The fraction of sp³-hybridized carbons (Fsp3) is 0.867. The Morgan fingerprint density at radius 3 is 2.19 bits per heavy atom. The second-order valence-electron chi connectivity index (χ2n) is 5.70. The molecule has 1 aliphatic heterocycles. The fourth-order valence-corrected chi connectivity index (χ4v) is 3.01. The van der Waals surface area contributed by atoms with Gasteiger partial charge in [-0.1, -0.05) is 32.3 Å². The van der Waals surface area contributed by atoms with Crippen LogP contribution in [0.1, 0.15) is 46.5 Å². The first-order valence-corrected chi connectivity index (χ1v) is 8.09. The summed E-state index contributed by atoms with van der Waals surface area (Å²) in [5, 5.41) is 12.1. The number of carbonyl (C=O) groups is 1. The van der Waals surface area contributed by atoms with Gasteiger partial charge in [-0.2, -0.15) is 0 Å². The van der Waals surface area contributed by atoms with Gasteiger partial charge < -0.3 is 15.8 Å². The predicted octanol–water partition coefficient (Wildman–Crippen LogP) is 1.48. The number of rotatable bonds is 7. The Hall–Kier alpha value is -1.30. The van der Waals surface area contributed by atoms with E-state index < -0.39 is 0 Å². The van der Waals surface area contributed by atoms with Crippen molar-refractivity contribution >= 4 is 11.7 Å². The molecule has 0 bridgehead atoms. The van der Waals surface area contributed by atoms with Crippen molar-refractivity contribution in [3.05, 3.63) is 0 Å². The second kappa shape index (κ2) is 8.87. The van der Waals surface area contributed by atoms with E-state index >= 15 is 0 Å². The van der Waals surface area contributed by atoms with E-state index in [1.165, 1.54) is 0 Å². The molecule has 3 N–H and O–H groups in total. The second-order valence-corrected chi connectivity index (χ2v) is 5.70. The molecule has 1 rings (SSSR count). The molecule has 0 aromatic heterocycles. The molecule has 0 saturated carbocycles. The monoisotopic (exact) mass is 298 g/mol. The van der Waals surface area contributed by atoms with Crippen LogP contribution in [-0.4, -0.2) is 59.0 Å². The Morgan fingerprint density at radius 1 is 1.19 bits per heavy atom. The van der Waals surface area contributed by atoms with Crippen LogP contribution in [0.25, 0.3) is 0 Å². The van der Waals surface area contributed by atoms with Crippen LogP contribution >= 0.6 is 0 Å². The molecule has 0 aromatic rings. The van der Waals surface area contributed by atoms with Crippen LogP contribution in [0.5, 0.6) is 0 Å². The summed E-state index contributed by atoms with van der Waals surface area (Å²) in [5.41, 5.74) is 5.80. The number of piperazine rings is 1. The zero-order valence-corrected chi connectivity index (χ0v) is 13.6. The molecular weight excluding hydrogens is 268 g/mol. The van der Waals surface area contributed by atoms with Crippen molar-refractivity contribution in [2.24, 2.45) is 16.8 Å². The summed E-state index contributed by atoms with van der Waals surface area (Å²) in [5.74, 6) is 0.694. The highest BCUT2D eigenvalue weighted by atomic mass is 16.4. The Morgan fingerprint density at radius 2 is 1.76 bits per heavy atom. The van der Waals surface area contributed by atoms with Gasteiger partial charge >= 0.3 is 0 Å². The van der Waals surface area contributed by atoms with E-state index in [-0.39, 0.29) is 23.7 Å². The van der Waals surface area contributed by atoms with Gasteiger partial charge in [0.25, 0.3) is 0 Å². The van der Waals surface area contributed by atoms with Gasteiger partial charge in [0.15, 0.2) is 5.84 Å². The Kier molecular flexibility index (Phi) is 7.50. The third-order valence-corrected chi connectivity index (χ3v) is 4.42. The number of carbonyl (C=O) groups excluding carboxylic acids is 1. The van der Waals surface area contributed by atoms with Crippen LogP contribution in [0.15, 0.2) is 5.16 Å².